The SMILES string of the molecule is NCCc1cn(Cc2ccc(Cl)cc2Cl)c2ncccc12. The molecule has 0 spiro atoms. The van der Waals surface area contributed by atoms with E-state index in [9.17, 15) is 0 Å². The molecule has 3 aromatic rings. The van der Waals surface area contributed by atoms with Crippen LogP contribution in [0.5, 0.6) is 0 Å². The molecule has 0 aliphatic rings. The summed E-state index contributed by atoms with van der Waals surface area (Å²) in [6, 6.07) is 9.58. The zero-order valence-electron chi connectivity index (χ0n) is 11.4. The molecule has 0 unspecified atom stereocenters. The fourth-order valence-corrected chi connectivity index (χ4v) is 2.97. The molecule has 0 saturated carbocycles. The number of aromatic nitrogens is 2. The van der Waals surface area contributed by atoms with Crippen LogP contribution in [0, 0.1) is 0 Å². The maximum Gasteiger partial charge on any atom is 0.140 e. The van der Waals surface area contributed by atoms with Gasteiger partial charge < -0.3 is 10.3 Å². The molecule has 2 aromatic heterocycles. The summed E-state index contributed by atoms with van der Waals surface area (Å²) >= 11 is 12.2. The van der Waals surface area contributed by atoms with Crippen LogP contribution in [0.25, 0.3) is 11.0 Å². The molecule has 21 heavy (non-hydrogen) atoms. The lowest BCUT2D eigenvalue weighted by Crippen LogP contribution is -2.02. The van der Waals surface area contributed by atoms with Crippen molar-refractivity contribution in [3.63, 3.8) is 0 Å². The van der Waals surface area contributed by atoms with Gasteiger partial charge in [0, 0.05) is 27.8 Å². The number of fused-ring (bicyclic) bond motifs is 1. The maximum absolute atomic E-state index is 6.26. The second-order valence-corrected chi connectivity index (χ2v) is 5.77. The van der Waals surface area contributed by atoms with Gasteiger partial charge in [0.25, 0.3) is 0 Å². The van der Waals surface area contributed by atoms with Crippen LogP contribution >= 0.6 is 23.2 Å². The van der Waals surface area contributed by atoms with E-state index in [-0.39, 0.29) is 0 Å². The molecule has 0 bridgehead atoms. The molecule has 2 heterocycles. The number of nitrogens with two attached hydrogens (primary N) is 1. The molecule has 0 fully saturated rings. The largest absolute Gasteiger partial charge is 0.330 e. The first-order valence-electron chi connectivity index (χ1n) is 6.76. The van der Waals surface area contributed by atoms with E-state index in [1.807, 2.05) is 18.2 Å². The fourth-order valence-electron chi connectivity index (χ4n) is 2.50. The van der Waals surface area contributed by atoms with Crippen LogP contribution in [-0.2, 0) is 13.0 Å². The lowest BCUT2D eigenvalue weighted by Gasteiger charge is -2.07. The second-order valence-electron chi connectivity index (χ2n) is 4.93. The number of hydrogen-bond acceptors (Lipinski definition) is 2. The number of rotatable bonds is 4. The Bertz CT molecular complexity index is 780. The Balaban J connectivity index is 2.04. The summed E-state index contributed by atoms with van der Waals surface area (Å²) in [4.78, 5) is 4.48. The second kappa shape index (κ2) is 6.06. The van der Waals surface area contributed by atoms with Crippen molar-refractivity contribution in [2.24, 2.45) is 5.73 Å². The van der Waals surface area contributed by atoms with Crippen molar-refractivity contribution in [2.45, 2.75) is 13.0 Å². The molecule has 0 saturated heterocycles. The first-order chi connectivity index (χ1) is 10.2. The minimum atomic E-state index is 0.621. The van der Waals surface area contributed by atoms with Gasteiger partial charge in [-0.15, -0.1) is 0 Å². The summed E-state index contributed by atoms with van der Waals surface area (Å²) in [6.45, 7) is 1.28. The summed E-state index contributed by atoms with van der Waals surface area (Å²) in [6.07, 6.45) is 4.74. The van der Waals surface area contributed by atoms with E-state index >= 15 is 0 Å². The topological polar surface area (TPSA) is 43.8 Å². The normalized spacial score (nSPS) is 11.2. The Kier molecular flexibility index (Phi) is 4.15. The van der Waals surface area contributed by atoms with Gasteiger partial charge in [0.05, 0.1) is 6.54 Å². The average molecular weight is 320 g/mol. The summed E-state index contributed by atoms with van der Waals surface area (Å²) in [5.74, 6) is 0. The van der Waals surface area contributed by atoms with Crippen LogP contribution in [0.2, 0.25) is 10.0 Å². The summed E-state index contributed by atoms with van der Waals surface area (Å²) in [5, 5.41) is 2.46. The highest BCUT2D eigenvalue weighted by molar-refractivity contribution is 6.35. The zero-order chi connectivity index (χ0) is 14.8. The van der Waals surface area contributed by atoms with Gasteiger partial charge in [-0.05, 0) is 48.4 Å². The molecule has 3 rings (SSSR count). The number of pyridine rings is 1. The summed E-state index contributed by atoms with van der Waals surface area (Å²) in [5.41, 5.74) is 8.87. The van der Waals surface area contributed by atoms with Crippen LogP contribution in [-0.4, -0.2) is 16.1 Å². The van der Waals surface area contributed by atoms with Gasteiger partial charge in [0.15, 0.2) is 0 Å². The van der Waals surface area contributed by atoms with E-state index < -0.39 is 0 Å². The van der Waals surface area contributed by atoms with Crippen LogP contribution < -0.4 is 5.73 Å². The Morgan fingerprint density at radius 2 is 2.00 bits per heavy atom. The minimum Gasteiger partial charge on any atom is -0.330 e. The molecule has 108 valence electrons. The third-order valence-electron chi connectivity index (χ3n) is 3.49. The molecule has 5 heteroatoms. The van der Waals surface area contributed by atoms with Crippen molar-refractivity contribution in [1.29, 1.82) is 0 Å². The first-order valence-corrected chi connectivity index (χ1v) is 7.51. The number of nitrogens with zero attached hydrogens (tertiary/aromatic N) is 2. The van der Waals surface area contributed by atoms with Gasteiger partial charge >= 0.3 is 0 Å². The number of halogens is 2. The third-order valence-corrected chi connectivity index (χ3v) is 4.07. The molecule has 0 amide bonds. The molecule has 2 N–H and O–H groups in total. The van der Waals surface area contributed by atoms with Crippen molar-refractivity contribution in [2.75, 3.05) is 6.54 Å². The molecule has 0 atom stereocenters. The molecule has 0 aliphatic heterocycles. The van der Waals surface area contributed by atoms with Gasteiger partial charge in [0.2, 0.25) is 0 Å². The summed E-state index contributed by atoms with van der Waals surface area (Å²) < 4.78 is 2.11. The van der Waals surface area contributed by atoms with Gasteiger partial charge in [-0.3, -0.25) is 0 Å². The van der Waals surface area contributed by atoms with E-state index in [1.165, 1.54) is 5.56 Å². The highest BCUT2D eigenvalue weighted by Gasteiger charge is 2.10. The lowest BCUT2D eigenvalue weighted by atomic mass is 10.2. The number of benzene rings is 1. The van der Waals surface area contributed by atoms with Crippen molar-refractivity contribution < 1.29 is 0 Å². The quantitative estimate of drug-likeness (QED) is 0.792. The van der Waals surface area contributed by atoms with Crippen LogP contribution in [0.1, 0.15) is 11.1 Å². The zero-order valence-corrected chi connectivity index (χ0v) is 12.9. The third kappa shape index (κ3) is 2.91. The van der Waals surface area contributed by atoms with E-state index in [4.69, 9.17) is 28.9 Å². The highest BCUT2D eigenvalue weighted by Crippen LogP contribution is 2.25. The Morgan fingerprint density at radius 3 is 2.76 bits per heavy atom. The van der Waals surface area contributed by atoms with Crippen LogP contribution in [0.3, 0.4) is 0 Å². The predicted octanol–water partition coefficient (Wildman–Crippen LogP) is 3.89. The van der Waals surface area contributed by atoms with Gasteiger partial charge in [-0.25, -0.2) is 4.98 Å². The maximum atomic E-state index is 6.26. The molecule has 0 radical (unpaired) electrons. The number of hydrogen-bond donors (Lipinski definition) is 1. The van der Waals surface area contributed by atoms with Crippen LogP contribution in [0.4, 0.5) is 0 Å². The Hall–Kier alpha value is -1.55. The molecule has 1 aromatic carbocycles. The van der Waals surface area contributed by atoms with Gasteiger partial charge in [0.1, 0.15) is 5.65 Å². The van der Waals surface area contributed by atoms with Crippen molar-refractivity contribution in [3.8, 4) is 0 Å². The van der Waals surface area contributed by atoms with Gasteiger partial charge in [-0.2, -0.15) is 0 Å². The van der Waals surface area contributed by atoms with Gasteiger partial charge in [-0.1, -0.05) is 29.3 Å². The molecular formula is C16H15Cl2N3. The van der Waals surface area contributed by atoms with E-state index in [1.54, 1.807) is 12.3 Å². The molecular weight excluding hydrogens is 305 g/mol. The Labute approximate surface area is 133 Å². The van der Waals surface area contributed by atoms with Crippen molar-refractivity contribution in [1.82, 2.24) is 9.55 Å². The standard InChI is InChI=1S/C16H15Cl2N3/c17-13-4-3-12(15(18)8-13)10-21-9-11(5-6-19)14-2-1-7-20-16(14)21/h1-4,7-9H,5-6,10,19H2. The fraction of sp³-hybridized carbons (Fsp3) is 0.188. The van der Waals surface area contributed by atoms with Crippen molar-refractivity contribution in [3.05, 3.63) is 63.9 Å². The monoisotopic (exact) mass is 319 g/mol. The molecule has 3 nitrogen and oxygen atoms in total. The van der Waals surface area contributed by atoms with Crippen LogP contribution in [0.15, 0.2) is 42.7 Å². The first kappa shape index (κ1) is 14.4. The smallest absolute Gasteiger partial charge is 0.140 e. The lowest BCUT2D eigenvalue weighted by molar-refractivity contribution is 0.817. The molecule has 0 aliphatic carbocycles. The van der Waals surface area contributed by atoms with E-state index in [0.29, 0.717) is 23.1 Å². The van der Waals surface area contributed by atoms with E-state index in [0.717, 1.165) is 23.0 Å². The predicted molar refractivity (Wildman–Crippen MR) is 88.1 cm³/mol. The summed E-state index contributed by atoms with van der Waals surface area (Å²) in [7, 11) is 0. The van der Waals surface area contributed by atoms with Crippen molar-refractivity contribution >= 4 is 34.2 Å². The Morgan fingerprint density at radius 1 is 1.14 bits per heavy atom. The minimum absolute atomic E-state index is 0.621. The average Bonchev–Trinajstić information content (AvgIpc) is 2.81. The van der Waals surface area contributed by atoms with E-state index in [2.05, 4.69) is 21.8 Å². The highest BCUT2D eigenvalue weighted by atomic mass is 35.5.